The molecular weight excluding hydrogens is 396 g/mol. The highest BCUT2D eigenvalue weighted by Crippen LogP contribution is 2.40. The SMILES string of the molecule is Cn1nnnc1SC1CC(C(=O)O)N(CC2CCC3CNC(C(=O)O)CC3C2)C1. The van der Waals surface area contributed by atoms with Crippen molar-refractivity contribution in [3.8, 4) is 0 Å². The molecule has 11 heteroatoms. The fourth-order valence-electron chi connectivity index (χ4n) is 5.22. The molecule has 3 fully saturated rings. The third-order valence-electron chi connectivity index (χ3n) is 6.71. The Morgan fingerprint density at radius 1 is 1.17 bits per heavy atom. The smallest absolute Gasteiger partial charge is 0.320 e. The van der Waals surface area contributed by atoms with Crippen molar-refractivity contribution in [1.29, 1.82) is 0 Å². The number of tetrazole rings is 1. The van der Waals surface area contributed by atoms with Gasteiger partial charge in [-0.25, -0.2) is 4.68 Å². The molecule has 0 aromatic carbocycles. The first kappa shape index (κ1) is 20.5. The normalized spacial score (nSPS) is 35.3. The summed E-state index contributed by atoms with van der Waals surface area (Å²) in [6.45, 7) is 2.25. The van der Waals surface area contributed by atoms with Gasteiger partial charge in [0.1, 0.15) is 12.1 Å². The van der Waals surface area contributed by atoms with Gasteiger partial charge in [0.05, 0.1) is 0 Å². The van der Waals surface area contributed by atoms with Crippen molar-refractivity contribution in [1.82, 2.24) is 30.4 Å². The lowest BCUT2D eigenvalue weighted by molar-refractivity contribution is -0.143. The monoisotopic (exact) mass is 424 g/mol. The number of thioether (sulfide) groups is 1. The zero-order chi connectivity index (χ0) is 20.5. The predicted octanol–water partition coefficient (Wildman–Crippen LogP) is 0.309. The second-order valence-corrected chi connectivity index (χ2v) is 9.87. The fraction of sp³-hybridized carbons (Fsp3) is 0.833. The minimum Gasteiger partial charge on any atom is -0.480 e. The first-order valence-electron chi connectivity index (χ1n) is 10.2. The summed E-state index contributed by atoms with van der Waals surface area (Å²) < 4.78 is 1.61. The van der Waals surface area contributed by atoms with Gasteiger partial charge in [0, 0.05) is 25.4 Å². The summed E-state index contributed by atoms with van der Waals surface area (Å²) in [6.07, 6.45) is 4.41. The molecule has 3 aliphatic rings. The lowest BCUT2D eigenvalue weighted by Crippen LogP contribution is -2.50. The van der Waals surface area contributed by atoms with Crippen LogP contribution in [-0.2, 0) is 16.6 Å². The van der Waals surface area contributed by atoms with Crippen molar-refractivity contribution >= 4 is 23.7 Å². The molecule has 160 valence electrons. The molecule has 10 nitrogen and oxygen atoms in total. The topological polar surface area (TPSA) is 133 Å². The van der Waals surface area contributed by atoms with Gasteiger partial charge in [0.2, 0.25) is 5.16 Å². The molecule has 3 heterocycles. The lowest BCUT2D eigenvalue weighted by Gasteiger charge is -2.42. The average Bonchev–Trinajstić information content (AvgIpc) is 3.27. The molecule has 0 amide bonds. The molecule has 2 saturated heterocycles. The number of nitrogens with one attached hydrogen (secondary N) is 1. The molecule has 0 radical (unpaired) electrons. The number of nitrogens with zero attached hydrogens (tertiary/aromatic N) is 5. The summed E-state index contributed by atoms with van der Waals surface area (Å²) in [4.78, 5) is 25.3. The number of carbonyl (C=O) groups is 2. The van der Waals surface area contributed by atoms with Crippen molar-refractivity contribution in [3.05, 3.63) is 0 Å². The van der Waals surface area contributed by atoms with E-state index in [4.69, 9.17) is 0 Å². The van der Waals surface area contributed by atoms with E-state index in [0.717, 1.165) is 32.4 Å². The number of aryl methyl sites for hydroxylation is 1. The van der Waals surface area contributed by atoms with Crippen LogP contribution in [0, 0.1) is 17.8 Å². The average molecular weight is 425 g/mol. The zero-order valence-corrected chi connectivity index (χ0v) is 17.3. The number of piperidine rings is 1. The molecule has 6 atom stereocenters. The maximum atomic E-state index is 11.8. The van der Waals surface area contributed by atoms with E-state index in [1.165, 1.54) is 0 Å². The molecule has 6 unspecified atom stereocenters. The minimum atomic E-state index is -0.773. The number of carboxylic acids is 2. The van der Waals surface area contributed by atoms with Gasteiger partial charge in [0.25, 0.3) is 0 Å². The Kier molecular flexibility index (Phi) is 6.07. The number of likely N-dealkylation sites (tertiary alicyclic amines) is 1. The zero-order valence-electron chi connectivity index (χ0n) is 16.5. The Balaban J connectivity index is 1.36. The largest absolute Gasteiger partial charge is 0.480 e. The Bertz CT molecular complexity index is 760. The first-order chi connectivity index (χ1) is 13.9. The first-order valence-corrected chi connectivity index (χ1v) is 11.1. The molecule has 1 saturated carbocycles. The second-order valence-electron chi connectivity index (χ2n) is 8.60. The highest BCUT2D eigenvalue weighted by atomic mass is 32.2. The highest BCUT2D eigenvalue weighted by Gasteiger charge is 2.42. The maximum Gasteiger partial charge on any atom is 0.320 e. The number of fused-ring (bicyclic) bond motifs is 1. The molecule has 0 bridgehead atoms. The van der Waals surface area contributed by atoms with Crippen LogP contribution in [0.3, 0.4) is 0 Å². The predicted molar refractivity (Wildman–Crippen MR) is 104 cm³/mol. The van der Waals surface area contributed by atoms with E-state index in [-0.39, 0.29) is 5.25 Å². The fourth-order valence-corrected chi connectivity index (χ4v) is 6.34. The van der Waals surface area contributed by atoms with E-state index in [1.54, 1.807) is 23.5 Å². The lowest BCUT2D eigenvalue weighted by atomic mass is 9.69. The molecule has 0 spiro atoms. The second kappa shape index (κ2) is 8.57. The molecule has 29 heavy (non-hydrogen) atoms. The Morgan fingerprint density at radius 2 is 2.00 bits per heavy atom. The van der Waals surface area contributed by atoms with Crippen LogP contribution in [-0.4, -0.2) is 84.2 Å². The van der Waals surface area contributed by atoms with Crippen LogP contribution in [0.1, 0.15) is 32.1 Å². The van der Waals surface area contributed by atoms with E-state index in [9.17, 15) is 19.8 Å². The van der Waals surface area contributed by atoms with E-state index >= 15 is 0 Å². The number of hydrogen-bond donors (Lipinski definition) is 3. The van der Waals surface area contributed by atoms with Crippen LogP contribution in [0.25, 0.3) is 0 Å². The van der Waals surface area contributed by atoms with Gasteiger partial charge in [-0.05, 0) is 66.8 Å². The summed E-state index contributed by atoms with van der Waals surface area (Å²) in [5, 5.41) is 34.5. The van der Waals surface area contributed by atoms with Crippen molar-refractivity contribution < 1.29 is 19.8 Å². The van der Waals surface area contributed by atoms with Crippen LogP contribution >= 0.6 is 11.8 Å². The summed E-state index contributed by atoms with van der Waals surface area (Å²) in [5.41, 5.74) is 0. The van der Waals surface area contributed by atoms with Crippen molar-refractivity contribution in [3.63, 3.8) is 0 Å². The van der Waals surface area contributed by atoms with Crippen molar-refractivity contribution in [2.45, 2.75) is 54.6 Å². The van der Waals surface area contributed by atoms with Gasteiger partial charge in [-0.1, -0.05) is 11.8 Å². The molecule has 2 aliphatic heterocycles. The minimum absolute atomic E-state index is 0.146. The van der Waals surface area contributed by atoms with Gasteiger partial charge in [-0.2, -0.15) is 0 Å². The van der Waals surface area contributed by atoms with Crippen LogP contribution < -0.4 is 5.32 Å². The quantitative estimate of drug-likeness (QED) is 0.586. The molecule has 1 aromatic rings. The Morgan fingerprint density at radius 3 is 2.69 bits per heavy atom. The summed E-state index contributed by atoms with van der Waals surface area (Å²) in [7, 11) is 1.78. The van der Waals surface area contributed by atoms with Crippen LogP contribution in [0.2, 0.25) is 0 Å². The molecule has 3 N–H and O–H groups in total. The van der Waals surface area contributed by atoms with E-state index in [2.05, 4.69) is 25.7 Å². The molecule has 4 rings (SSSR count). The Hall–Kier alpha value is -1.72. The summed E-state index contributed by atoms with van der Waals surface area (Å²) >= 11 is 1.54. The van der Waals surface area contributed by atoms with Gasteiger partial charge in [-0.15, -0.1) is 5.10 Å². The van der Waals surface area contributed by atoms with E-state index in [0.29, 0.717) is 42.3 Å². The van der Waals surface area contributed by atoms with Gasteiger partial charge < -0.3 is 15.5 Å². The number of aliphatic carboxylic acids is 2. The number of aromatic nitrogens is 4. The van der Waals surface area contributed by atoms with Crippen molar-refractivity contribution in [2.75, 3.05) is 19.6 Å². The van der Waals surface area contributed by atoms with E-state index < -0.39 is 24.0 Å². The number of hydrogen-bond acceptors (Lipinski definition) is 8. The molecule has 1 aliphatic carbocycles. The molecule has 1 aromatic heterocycles. The number of carboxylic acid groups (broad SMARTS) is 2. The Labute approximate surface area is 173 Å². The number of rotatable bonds is 6. The third kappa shape index (κ3) is 4.56. The maximum absolute atomic E-state index is 11.8. The molecular formula is C18H28N6O4S. The summed E-state index contributed by atoms with van der Waals surface area (Å²) in [5.74, 6) is -0.162. The van der Waals surface area contributed by atoms with Crippen LogP contribution in [0.5, 0.6) is 0 Å². The third-order valence-corrected chi connectivity index (χ3v) is 7.94. The standard InChI is InChI=1S/C18H28N6O4S/c1-23-18(20-21-22-23)29-13-6-15(17(27)28)24(9-13)8-10-2-3-11-7-19-14(16(25)26)5-12(11)4-10/h10-15,19H,2-9H2,1H3,(H,25,26)(H,27,28). The van der Waals surface area contributed by atoms with Crippen LogP contribution in [0.15, 0.2) is 5.16 Å². The highest BCUT2D eigenvalue weighted by molar-refractivity contribution is 7.99. The van der Waals surface area contributed by atoms with Crippen LogP contribution in [0.4, 0.5) is 0 Å². The van der Waals surface area contributed by atoms with Gasteiger partial charge in [-0.3, -0.25) is 14.5 Å². The summed E-state index contributed by atoms with van der Waals surface area (Å²) in [6, 6.07) is -0.930. The van der Waals surface area contributed by atoms with Crippen molar-refractivity contribution in [2.24, 2.45) is 24.8 Å². The van der Waals surface area contributed by atoms with Gasteiger partial charge in [0.15, 0.2) is 0 Å². The van der Waals surface area contributed by atoms with Gasteiger partial charge >= 0.3 is 11.9 Å². The van der Waals surface area contributed by atoms with E-state index in [1.807, 2.05) is 0 Å².